The average molecular weight is 1640 g/mol. The molecule has 8 amide bonds. The number of phenols is 1. The second-order valence-corrected chi connectivity index (χ2v) is 28.8. The minimum Gasteiger partial charge on any atom is -0.508 e. The smallest absolute Gasteiger partial charge is 0.335 e. The molecule has 35 nitrogen and oxygen atoms in total. The fourth-order valence-electron chi connectivity index (χ4n) is 13.7. The van der Waals surface area contributed by atoms with E-state index in [-0.39, 0.29) is 188 Å². The number of halogens is 3. The molecule has 7 heterocycles. The number of hydrogen-bond acceptors (Lipinski definition) is 23. The van der Waals surface area contributed by atoms with Gasteiger partial charge in [-0.2, -0.15) is 5.26 Å². The summed E-state index contributed by atoms with van der Waals surface area (Å²) >= 11 is 0. The second-order valence-electron chi connectivity index (χ2n) is 28.8. The van der Waals surface area contributed by atoms with Crippen molar-refractivity contribution in [2.45, 2.75) is 127 Å². The zero-order valence-electron chi connectivity index (χ0n) is 65.1. The first kappa shape index (κ1) is 86.7. The van der Waals surface area contributed by atoms with Gasteiger partial charge in [0.1, 0.15) is 52.4 Å². The molecule has 3 aromatic carbocycles. The molecule has 4 aromatic heterocycles. The van der Waals surface area contributed by atoms with Gasteiger partial charge in [0.25, 0.3) is 29.6 Å². The number of nitriles is 1. The van der Waals surface area contributed by atoms with Crippen molar-refractivity contribution in [2.75, 3.05) is 79.0 Å². The Balaban J connectivity index is 0.628. The fourth-order valence-corrected chi connectivity index (χ4v) is 13.7. The van der Waals surface area contributed by atoms with E-state index < -0.39 is 96.2 Å². The van der Waals surface area contributed by atoms with Gasteiger partial charge in [-0.25, -0.2) is 33.9 Å². The van der Waals surface area contributed by atoms with Crippen LogP contribution in [-0.4, -0.2) is 234 Å². The zero-order chi connectivity index (χ0) is 84.9. The molecule has 8 N–H and O–H groups in total. The van der Waals surface area contributed by atoms with Crippen molar-refractivity contribution in [3.63, 3.8) is 0 Å². The number of likely N-dealkylation sites (tertiary alicyclic amines) is 2. The van der Waals surface area contributed by atoms with Crippen molar-refractivity contribution in [3.05, 3.63) is 189 Å². The van der Waals surface area contributed by atoms with Crippen molar-refractivity contribution in [1.82, 2.24) is 81.7 Å². The first-order valence-electron chi connectivity index (χ1n) is 38.2. The van der Waals surface area contributed by atoms with Crippen LogP contribution in [0.25, 0.3) is 27.4 Å². The SMILES string of the molecule is [C-]#[N+][C@@H]1CC(C)(F)CN1C(=O)[C@H](C)NC(=O)c1ccnc(CNC(=O)CCOCCOCCn2cc(-c3cc(C(=O)NCCNC(=O)CCc4ccc(C5c6ccc(O)cc6OC6=CC(=O)C=CC65)c(C(=O)O)c4)cc(-c4cn(CCOCCOCCC(=O)NCc5cc(C(=O)N[C@@H](C)C(=O)N6CC(F)(F)C[C@@H]6C#N)ccn5)nn4)c3)nn2)c1. The van der Waals surface area contributed by atoms with E-state index in [9.17, 15) is 76.6 Å². The number of amides is 8. The zero-order valence-corrected chi connectivity index (χ0v) is 65.1. The van der Waals surface area contributed by atoms with Gasteiger partial charge in [0.2, 0.25) is 23.6 Å². The summed E-state index contributed by atoms with van der Waals surface area (Å²) in [7, 11) is 0. The van der Waals surface area contributed by atoms with Gasteiger partial charge >= 0.3 is 12.1 Å². The summed E-state index contributed by atoms with van der Waals surface area (Å²) in [5.74, 6) is -9.54. The molecule has 2 fully saturated rings. The van der Waals surface area contributed by atoms with Crippen LogP contribution in [0.1, 0.15) is 128 Å². The highest BCUT2D eigenvalue weighted by Crippen LogP contribution is 2.49. The highest BCUT2D eigenvalue weighted by molar-refractivity contribution is 6.01. The molecule has 4 aliphatic rings. The molecule has 3 unspecified atom stereocenters. The molecule has 0 saturated carbocycles. The number of rotatable bonds is 39. The van der Waals surface area contributed by atoms with Gasteiger partial charge < -0.3 is 70.7 Å². The quantitative estimate of drug-likeness (QED) is 0.0191. The maximum absolute atomic E-state index is 14.6. The minimum absolute atomic E-state index is 0.00468. The number of hydrogen-bond donors (Lipinski definition) is 8. The van der Waals surface area contributed by atoms with Crippen LogP contribution in [0, 0.1) is 23.8 Å². The number of aromatic nitrogens is 8. The largest absolute Gasteiger partial charge is 0.508 e. The summed E-state index contributed by atoms with van der Waals surface area (Å²) in [6, 6.07) is 18.3. The number of alkyl halides is 3. The Morgan fingerprint density at radius 1 is 0.655 bits per heavy atom. The number of carboxylic acids is 1. The van der Waals surface area contributed by atoms with Crippen LogP contribution >= 0.6 is 0 Å². The van der Waals surface area contributed by atoms with E-state index in [0.29, 0.717) is 56.4 Å². The number of phenolic OH excluding ortho intramolecular Hbond substituents is 1. The van der Waals surface area contributed by atoms with Gasteiger partial charge in [-0.05, 0) is 99.0 Å². The molecule has 624 valence electrons. The summed E-state index contributed by atoms with van der Waals surface area (Å²) in [6.07, 6.45) is 8.75. The molecular weight excluding hydrogens is 1550 g/mol. The number of nitrogens with zero attached hydrogens (tertiary/aromatic N) is 12. The van der Waals surface area contributed by atoms with Crippen molar-refractivity contribution in [2.24, 2.45) is 5.92 Å². The average Bonchev–Trinajstić information content (AvgIpc) is 1.56. The summed E-state index contributed by atoms with van der Waals surface area (Å²) in [5, 5.41) is 63.5. The molecule has 2 saturated heterocycles. The number of aromatic carboxylic acids is 1. The molecule has 7 aromatic rings. The van der Waals surface area contributed by atoms with Crippen LogP contribution < -0.4 is 36.6 Å². The monoisotopic (exact) mass is 1640 g/mol. The summed E-state index contributed by atoms with van der Waals surface area (Å²) < 4.78 is 74.5. The van der Waals surface area contributed by atoms with Crippen LogP contribution in [-0.2, 0) is 80.3 Å². The fraction of sp³-hybridized carbons (Fsp3) is 0.407. The highest BCUT2D eigenvalue weighted by atomic mass is 19.3. The number of aryl methyl sites for hydroxylation is 1. The molecular formula is C81H87F3N18O17. The molecule has 0 spiro atoms. The number of carboxylic acid groups (broad SMARTS) is 1. The Morgan fingerprint density at radius 3 is 1.78 bits per heavy atom. The van der Waals surface area contributed by atoms with E-state index in [1.54, 1.807) is 70.3 Å². The molecule has 0 bridgehead atoms. The van der Waals surface area contributed by atoms with Gasteiger partial charge in [0, 0.05) is 109 Å². The van der Waals surface area contributed by atoms with Crippen molar-refractivity contribution >= 4 is 59.0 Å². The molecule has 0 radical (unpaired) electrons. The number of carbonyl (C=O) groups is 10. The summed E-state index contributed by atoms with van der Waals surface area (Å²) in [4.78, 5) is 144. The standard InChI is InChI=1S/C81H87F3N18O17/c1-48(77(111)101-47-81(83,84)39-58(101)41-85)93-75(109)51-13-17-87-56(35-51)42-91-71(106)15-23-115-27-29-117-25-21-99-44-65(95-97-99)53-32-54(66-45-100(98-96-66)22-26-118-30-28-116-24-16-72(107)92-43-57-36-52(14-18-88-57)76(110)94-49(2)78(112)102-46-80(3,82)40-69(102)86-4)34-55(33-53)74(108)90-20-19-89-70(105)12-6-50-5-9-61(64(31-50)79(113)114)73-62-10-7-59(103)37-67(62)119-68-38-60(104)8-11-63(68)73/h5,7-11,13-14,17-18,31-38,44-45,48-49,58,62,69,73,104H,6,12,15-16,19-30,39-40,42-43,46-47H2,1-3H3,(H,89,105)(H,90,108)(H,91,106)(H,92,107)(H,93,109)(H,94,110)(H,113,114)/t48-,49-,58+,62?,69-,73?,80?/m0/s1. The second kappa shape index (κ2) is 40.1. The Morgan fingerprint density at radius 2 is 1.21 bits per heavy atom. The predicted molar refractivity (Wildman–Crippen MR) is 413 cm³/mol. The lowest BCUT2D eigenvalue weighted by molar-refractivity contribution is -0.134. The first-order valence-corrected chi connectivity index (χ1v) is 38.2. The Hall–Kier alpha value is -13.2. The number of ketones is 1. The van der Waals surface area contributed by atoms with E-state index in [2.05, 4.69) is 67.3 Å². The van der Waals surface area contributed by atoms with Crippen molar-refractivity contribution in [3.8, 4) is 40.1 Å². The molecule has 11 rings (SSSR count). The molecule has 7 atom stereocenters. The Kier molecular flexibility index (Phi) is 29.2. The van der Waals surface area contributed by atoms with Gasteiger partial charge in [-0.3, -0.25) is 62.9 Å². The van der Waals surface area contributed by atoms with Crippen LogP contribution in [0.3, 0.4) is 0 Å². The van der Waals surface area contributed by atoms with Gasteiger partial charge in [0.05, 0.1) is 134 Å². The Labute approximate surface area is 679 Å². The maximum Gasteiger partial charge on any atom is 0.335 e. The van der Waals surface area contributed by atoms with Gasteiger partial charge in [-0.1, -0.05) is 34.7 Å². The first-order chi connectivity index (χ1) is 57.1. The Bertz CT molecular complexity index is 4890. The molecule has 119 heavy (non-hydrogen) atoms. The van der Waals surface area contributed by atoms with Crippen LogP contribution in [0.15, 0.2) is 128 Å². The third-order valence-corrected chi connectivity index (χ3v) is 19.7. The van der Waals surface area contributed by atoms with E-state index in [1.807, 2.05) is 0 Å². The highest BCUT2D eigenvalue weighted by Gasteiger charge is 2.50. The lowest BCUT2D eigenvalue weighted by Gasteiger charge is -2.35. The number of ether oxygens (including phenoxy) is 5. The number of pyridine rings is 2. The normalized spacial score (nSPS) is 18.1. The van der Waals surface area contributed by atoms with Gasteiger partial charge in [0.15, 0.2) is 5.78 Å². The number of aromatic hydroxyl groups is 1. The third-order valence-electron chi connectivity index (χ3n) is 19.7. The summed E-state index contributed by atoms with van der Waals surface area (Å²) in [6.45, 7) is 12.0. The third kappa shape index (κ3) is 23.8. The maximum atomic E-state index is 14.6. The lowest BCUT2D eigenvalue weighted by Crippen LogP contribution is -2.48. The number of allylic oxidation sites excluding steroid dienone is 3. The van der Waals surface area contributed by atoms with E-state index in [0.717, 1.165) is 9.80 Å². The number of carbonyl (C=O) groups excluding carboxylic acids is 9. The number of fused-ring (bicyclic) bond motifs is 2. The van der Waals surface area contributed by atoms with Crippen molar-refractivity contribution < 1.29 is 95.0 Å². The summed E-state index contributed by atoms with van der Waals surface area (Å²) in [5.41, 5.74) is 2.84. The van der Waals surface area contributed by atoms with Gasteiger partial charge in [-0.15, -0.1) is 10.2 Å². The number of nitrogens with one attached hydrogen (secondary N) is 6. The molecule has 1 aliphatic carbocycles. The van der Waals surface area contributed by atoms with Crippen LogP contribution in [0.5, 0.6) is 11.5 Å². The van der Waals surface area contributed by atoms with E-state index in [1.165, 1.54) is 87.8 Å². The topological polar surface area (TPSA) is 451 Å². The van der Waals surface area contributed by atoms with Crippen LogP contribution in [0.2, 0.25) is 0 Å². The number of benzene rings is 3. The van der Waals surface area contributed by atoms with E-state index in [4.69, 9.17) is 30.3 Å². The molecule has 3 aliphatic heterocycles. The van der Waals surface area contributed by atoms with Crippen molar-refractivity contribution in [1.29, 1.82) is 5.26 Å². The molecule has 38 heteroatoms. The van der Waals surface area contributed by atoms with Crippen LogP contribution in [0.4, 0.5) is 13.2 Å². The minimum atomic E-state index is -3.22. The lowest BCUT2D eigenvalue weighted by atomic mass is 9.74. The predicted octanol–water partition coefficient (Wildman–Crippen LogP) is 4.72. The van der Waals surface area contributed by atoms with E-state index >= 15 is 0 Å².